The van der Waals surface area contributed by atoms with Crippen molar-refractivity contribution in [3.63, 3.8) is 0 Å². The highest BCUT2D eigenvalue weighted by molar-refractivity contribution is 7.49. The van der Waals surface area contributed by atoms with Crippen LogP contribution in [-0.4, -0.2) is 5.60 Å². The molecule has 0 N–H and O–H groups in total. The molecule has 0 aliphatic rings. The molecule has 0 amide bonds. The Hall–Kier alpha value is -2.55. The summed E-state index contributed by atoms with van der Waals surface area (Å²) >= 11 is 0. The van der Waals surface area contributed by atoms with Crippen molar-refractivity contribution >= 4 is 7.82 Å². The molecule has 4 nitrogen and oxygen atoms in total. The van der Waals surface area contributed by atoms with Crippen molar-refractivity contribution < 1.29 is 18.1 Å². The van der Waals surface area contributed by atoms with Gasteiger partial charge in [0.25, 0.3) is 0 Å². The minimum Gasteiger partial charge on any atom is -0.395 e. The van der Waals surface area contributed by atoms with Crippen LogP contribution >= 0.6 is 7.82 Å². The van der Waals surface area contributed by atoms with Crippen LogP contribution in [0.4, 0.5) is 0 Å². The zero-order chi connectivity index (χ0) is 19.2. The Morgan fingerprint density at radius 1 is 0.704 bits per heavy atom. The van der Waals surface area contributed by atoms with Crippen LogP contribution in [0.5, 0.6) is 11.5 Å². The van der Waals surface area contributed by atoms with E-state index >= 15 is 0 Å². The van der Waals surface area contributed by atoms with Gasteiger partial charge in [-0.15, -0.1) is 0 Å². The average Bonchev–Trinajstić information content (AvgIpc) is 2.63. The molecule has 0 atom stereocenters. The molecule has 139 valence electrons. The van der Waals surface area contributed by atoms with Crippen LogP contribution in [0.15, 0.2) is 91.0 Å². The van der Waals surface area contributed by atoms with Crippen LogP contribution in [0, 0.1) is 6.42 Å². The molecule has 27 heavy (non-hydrogen) atoms. The SMILES string of the molecule is CC(C)([CH]c1ccccc1)OP(=O)(Oc1ccccc1)Oc1ccccc1. The van der Waals surface area contributed by atoms with Crippen molar-refractivity contribution in [2.45, 2.75) is 19.4 Å². The molecular weight excluding hydrogens is 359 g/mol. The topological polar surface area (TPSA) is 44.8 Å². The van der Waals surface area contributed by atoms with E-state index in [-0.39, 0.29) is 0 Å². The van der Waals surface area contributed by atoms with E-state index in [0.29, 0.717) is 11.5 Å². The molecule has 0 bridgehead atoms. The van der Waals surface area contributed by atoms with Crippen LogP contribution < -0.4 is 9.05 Å². The number of hydrogen-bond acceptors (Lipinski definition) is 4. The van der Waals surface area contributed by atoms with Crippen LogP contribution in [0.2, 0.25) is 0 Å². The highest BCUT2D eigenvalue weighted by Gasteiger charge is 2.38. The standard InChI is InChI=1S/C22H22O4P/c1-22(2,18-19-12-6-3-7-13-19)26-27(23,24-20-14-8-4-9-15-20)25-21-16-10-5-11-17-21/h3-18H,1-2H3. The summed E-state index contributed by atoms with van der Waals surface area (Å²) < 4.78 is 30.7. The smallest absolute Gasteiger partial charge is 0.395 e. The molecule has 3 aromatic carbocycles. The fourth-order valence-corrected chi connectivity index (χ4v) is 4.04. The third-order valence-electron chi connectivity index (χ3n) is 3.58. The van der Waals surface area contributed by atoms with E-state index in [1.165, 1.54) is 0 Å². The molecular formula is C22H22O4P. The Bertz CT molecular complexity index is 834. The van der Waals surface area contributed by atoms with Gasteiger partial charge < -0.3 is 9.05 Å². The summed E-state index contributed by atoms with van der Waals surface area (Å²) in [6.07, 6.45) is 1.88. The van der Waals surface area contributed by atoms with Crippen LogP contribution in [0.25, 0.3) is 0 Å². The fourth-order valence-electron chi connectivity index (χ4n) is 2.54. The first-order valence-electron chi connectivity index (χ1n) is 8.65. The zero-order valence-electron chi connectivity index (χ0n) is 15.3. The zero-order valence-corrected chi connectivity index (χ0v) is 16.2. The van der Waals surface area contributed by atoms with Crippen molar-refractivity contribution in [2.24, 2.45) is 0 Å². The Kier molecular flexibility index (Phi) is 6.00. The van der Waals surface area contributed by atoms with Gasteiger partial charge in [-0.2, -0.15) is 0 Å². The Morgan fingerprint density at radius 2 is 1.11 bits per heavy atom. The molecule has 5 heteroatoms. The summed E-state index contributed by atoms with van der Waals surface area (Å²) in [6.45, 7) is 3.63. The maximum Gasteiger partial charge on any atom is 0.588 e. The molecule has 0 aromatic heterocycles. The van der Waals surface area contributed by atoms with Gasteiger partial charge >= 0.3 is 7.82 Å². The Balaban J connectivity index is 1.83. The van der Waals surface area contributed by atoms with E-state index < -0.39 is 13.4 Å². The number of hydrogen-bond donors (Lipinski definition) is 0. The molecule has 0 aliphatic carbocycles. The molecule has 0 unspecified atom stereocenters. The summed E-state index contributed by atoms with van der Waals surface area (Å²) in [5.41, 5.74) is 0.0638. The van der Waals surface area contributed by atoms with E-state index in [2.05, 4.69) is 0 Å². The lowest BCUT2D eigenvalue weighted by molar-refractivity contribution is 0.101. The average molecular weight is 381 g/mol. The first-order chi connectivity index (χ1) is 12.9. The quantitative estimate of drug-likeness (QED) is 0.430. The maximum absolute atomic E-state index is 13.5. The highest BCUT2D eigenvalue weighted by atomic mass is 31.2. The number of para-hydroxylation sites is 2. The number of phosphoric acid groups is 1. The molecule has 0 spiro atoms. The number of benzene rings is 3. The fraction of sp³-hybridized carbons (Fsp3) is 0.136. The molecule has 3 aromatic rings. The second kappa shape index (κ2) is 8.43. The van der Waals surface area contributed by atoms with Crippen LogP contribution in [-0.2, 0) is 9.09 Å². The second-order valence-electron chi connectivity index (χ2n) is 6.51. The minimum absolute atomic E-state index is 0.410. The lowest BCUT2D eigenvalue weighted by atomic mass is 9.99. The first-order valence-corrected chi connectivity index (χ1v) is 10.1. The summed E-state index contributed by atoms with van der Waals surface area (Å²) in [7, 11) is -3.95. The van der Waals surface area contributed by atoms with Gasteiger partial charge in [0, 0.05) is 6.42 Å². The van der Waals surface area contributed by atoms with Crippen molar-refractivity contribution in [3.8, 4) is 11.5 Å². The van der Waals surface area contributed by atoms with Gasteiger partial charge in [0.05, 0.1) is 5.60 Å². The van der Waals surface area contributed by atoms with Crippen molar-refractivity contribution in [1.29, 1.82) is 0 Å². The normalized spacial score (nSPS) is 11.8. The predicted octanol–water partition coefficient (Wildman–Crippen LogP) is 6.30. The molecule has 0 fully saturated rings. The summed E-state index contributed by atoms with van der Waals surface area (Å²) in [5, 5.41) is 0. The molecule has 1 radical (unpaired) electrons. The third-order valence-corrected chi connectivity index (χ3v) is 5.14. The maximum atomic E-state index is 13.5. The minimum atomic E-state index is -3.95. The van der Waals surface area contributed by atoms with Gasteiger partial charge in [-0.3, -0.25) is 4.52 Å². The van der Waals surface area contributed by atoms with Gasteiger partial charge in [-0.1, -0.05) is 66.7 Å². The Labute approximate surface area is 160 Å². The summed E-state index contributed by atoms with van der Waals surface area (Å²) in [4.78, 5) is 0. The van der Waals surface area contributed by atoms with Gasteiger partial charge in [0.1, 0.15) is 11.5 Å². The van der Waals surface area contributed by atoms with Gasteiger partial charge in [0.2, 0.25) is 0 Å². The first kappa shape index (κ1) is 19.2. The van der Waals surface area contributed by atoms with Crippen LogP contribution in [0.3, 0.4) is 0 Å². The lowest BCUT2D eigenvalue weighted by Gasteiger charge is -2.29. The van der Waals surface area contributed by atoms with E-state index in [1.807, 2.05) is 62.7 Å². The molecule has 0 saturated heterocycles. The van der Waals surface area contributed by atoms with E-state index in [0.717, 1.165) is 5.56 Å². The Morgan fingerprint density at radius 3 is 1.56 bits per heavy atom. The van der Waals surface area contributed by atoms with Gasteiger partial charge in [0.15, 0.2) is 0 Å². The van der Waals surface area contributed by atoms with E-state index in [1.54, 1.807) is 48.5 Å². The van der Waals surface area contributed by atoms with E-state index in [9.17, 15) is 4.57 Å². The van der Waals surface area contributed by atoms with E-state index in [4.69, 9.17) is 13.6 Å². The molecule has 3 rings (SSSR count). The summed E-state index contributed by atoms with van der Waals surface area (Å²) in [6, 6.07) is 27.4. The van der Waals surface area contributed by atoms with Gasteiger partial charge in [-0.05, 0) is 43.7 Å². The monoisotopic (exact) mass is 381 g/mol. The van der Waals surface area contributed by atoms with Crippen LogP contribution in [0.1, 0.15) is 19.4 Å². The molecule has 0 heterocycles. The largest absolute Gasteiger partial charge is 0.588 e. The number of phosphoric ester groups is 1. The van der Waals surface area contributed by atoms with Crippen molar-refractivity contribution in [2.75, 3.05) is 0 Å². The van der Waals surface area contributed by atoms with Crippen molar-refractivity contribution in [3.05, 3.63) is 103 Å². The van der Waals surface area contributed by atoms with Gasteiger partial charge in [-0.25, -0.2) is 4.57 Å². The lowest BCUT2D eigenvalue weighted by Crippen LogP contribution is -2.26. The molecule has 0 aliphatic heterocycles. The highest BCUT2D eigenvalue weighted by Crippen LogP contribution is 2.53. The second-order valence-corrected chi connectivity index (χ2v) is 7.95. The predicted molar refractivity (Wildman–Crippen MR) is 107 cm³/mol. The number of rotatable bonds is 8. The van der Waals surface area contributed by atoms with Crippen molar-refractivity contribution in [1.82, 2.24) is 0 Å². The third kappa shape index (κ3) is 5.99. The molecule has 0 saturated carbocycles. The summed E-state index contributed by atoms with van der Waals surface area (Å²) in [5.74, 6) is 0.819.